The van der Waals surface area contributed by atoms with Crippen molar-refractivity contribution in [2.75, 3.05) is 24.6 Å². The lowest BCUT2D eigenvalue weighted by Gasteiger charge is -2.42. The van der Waals surface area contributed by atoms with Crippen molar-refractivity contribution in [1.29, 1.82) is 0 Å². The van der Waals surface area contributed by atoms with Crippen LogP contribution in [0.4, 0.5) is 5.82 Å². The van der Waals surface area contributed by atoms with Crippen LogP contribution in [-0.4, -0.2) is 52.7 Å². The first-order chi connectivity index (χ1) is 11.8. The van der Waals surface area contributed by atoms with Gasteiger partial charge in [-0.25, -0.2) is 4.98 Å². The number of piperidine rings is 2. The average Bonchev–Trinajstić information content (AvgIpc) is 2.91. The van der Waals surface area contributed by atoms with E-state index < -0.39 is 0 Å². The van der Waals surface area contributed by atoms with E-state index in [1.165, 1.54) is 0 Å². The van der Waals surface area contributed by atoms with Gasteiger partial charge in [0.15, 0.2) is 0 Å². The van der Waals surface area contributed by atoms with Crippen molar-refractivity contribution in [3.8, 4) is 0 Å². The number of aromatic nitrogens is 1. The number of fused-ring (bicyclic) bond motifs is 2. The lowest BCUT2D eigenvalue weighted by molar-refractivity contribution is -0.141. The Morgan fingerprint density at radius 1 is 1.21 bits per heavy atom. The zero-order valence-corrected chi connectivity index (χ0v) is 14.2. The van der Waals surface area contributed by atoms with Crippen molar-refractivity contribution in [2.24, 2.45) is 11.8 Å². The van der Waals surface area contributed by atoms with E-state index in [0.29, 0.717) is 23.9 Å². The van der Waals surface area contributed by atoms with Gasteiger partial charge in [-0.1, -0.05) is 6.07 Å². The fourth-order valence-corrected chi connectivity index (χ4v) is 4.94. The molecule has 0 aromatic carbocycles. The number of rotatable bonds is 3. The van der Waals surface area contributed by atoms with E-state index in [1.54, 1.807) is 0 Å². The average molecular weight is 329 g/mol. The van der Waals surface area contributed by atoms with Gasteiger partial charge in [0.05, 0.1) is 5.92 Å². The molecule has 1 aromatic heterocycles. The summed E-state index contributed by atoms with van der Waals surface area (Å²) in [5.74, 6) is 1.81. The lowest BCUT2D eigenvalue weighted by atomic mass is 9.88. The summed E-state index contributed by atoms with van der Waals surface area (Å²) in [5, 5.41) is 9.47. The predicted molar refractivity (Wildman–Crippen MR) is 92.6 cm³/mol. The number of hydrogen-bond acceptors (Lipinski definition) is 4. The lowest BCUT2D eigenvalue weighted by Crippen LogP contribution is -2.52. The number of pyridine rings is 1. The molecule has 0 spiro atoms. The molecule has 4 atom stereocenters. The number of hydrogen-bond donors (Lipinski definition) is 1. The summed E-state index contributed by atoms with van der Waals surface area (Å²) < 4.78 is 0. The van der Waals surface area contributed by atoms with Gasteiger partial charge in [0, 0.05) is 38.0 Å². The number of carbonyl (C=O) groups is 1. The van der Waals surface area contributed by atoms with E-state index in [4.69, 9.17) is 0 Å². The maximum atomic E-state index is 13.2. The zero-order valence-electron chi connectivity index (χ0n) is 14.2. The second-order valence-electron chi connectivity index (χ2n) is 7.62. The van der Waals surface area contributed by atoms with Gasteiger partial charge in [-0.3, -0.25) is 4.79 Å². The summed E-state index contributed by atoms with van der Waals surface area (Å²) in [5.41, 5.74) is 0. The third kappa shape index (κ3) is 2.90. The van der Waals surface area contributed by atoms with Crippen molar-refractivity contribution in [3.05, 3.63) is 24.4 Å². The maximum absolute atomic E-state index is 13.2. The number of anilines is 1. The van der Waals surface area contributed by atoms with Gasteiger partial charge < -0.3 is 14.9 Å². The van der Waals surface area contributed by atoms with Gasteiger partial charge in [0.1, 0.15) is 5.82 Å². The number of amides is 1. The highest BCUT2D eigenvalue weighted by atomic mass is 16.3. The Hall–Kier alpha value is -1.62. The molecule has 0 aliphatic carbocycles. The Morgan fingerprint density at radius 3 is 2.67 bits per heavy atom. The fourth-order valence-electron chi connectivity index (χ4n) is 4.94. The molecule has 0 radical (unpaired) electrons. The molecule has 2 unspecified atom stereocenters. The fraction of sp³-hybridized carbons (Fsp3) is 0.684. The van der Waals surface area contributed by atoms with E-state index in [9.17, 15) is 9.90 Å². The first kappa shape index (κ1) is 15.9. The number of aliphatic hydroxyl groups is 1. The third-order valence-electron chi connectivity index (χ3n) is 6.09. The molecule has 3 saturated heterocycles. The number of nitrogens with zero attached hydrogens (tertiary/aromatic N) is 3. The summed E-state index contributed by atoms with van der Waals surface area (Å²) in [6.07, 6.45) is 8.05. The van der Waals surface area contributed by atoms with E-state index in [0.717, 1.165) is 57.4 Å². The Balaban J connectivity index is 1.45. The first-order valence-corrected chi connectivity index (χ1v) is 9.35. The van der Waals surface area contributed by atoms with Gasteiger partial charge in [-0.15, -0.1) is 0 Å². The van der Waals surface area contributed by atoms with Gasteiger partial charge in [0.2, 0.25) is 5.91 Å². The molecule has 1 amide bonds. The van der Waals surface area contributed by atoms with Crippen LogP contribution in [0.15, 0.2) is 24.4 Å². The molecule has 24 heavy (non-hydrogen) atoms. The second-order valence-corrected chi connectivity index (χ2v) is 7.62. The monoisotopic (exact) mass is 329 g/mol. The minimum atomic E-state index is 0.0922. The molecule has 3 aliphatic heterocycles. The van der Waals surface area contributed by atoms with Crippen molar-refractivity contribution in [2.45, 2.75) is 50.6 Å². The van der Waals surface area contributed by atoms with Crippen LogP contribution < -0.4 is 4.90 Å². The normalized spacial score (nSPS) is 32.9. The standard InChI is InChI=1S/C19H27N3O2/c23-13-14-10-16-6-7-17(11-14)22(16)19(24)15-4-3-9-21(12-15)18-5-1-2-8-20-18/h1-2,5,8,14-17,23H,3-4,6-7,9-13H2/t14?,15?,16-,17+. The van der Waals surface area contributed by atoms with Crippen molar-refractivity contribution in [1.82, 2.24) is 9.88 Å². The number of aliphatic hydroxyl groups excluding tert-OH is 1. The SMILES string of the molecule is O=C(C1CCCN(c2ccccn2)C1)N1[C@@H]2CC[C@H]1CC(CO)C2. The van der Waals surface area contributed by atoms with Crippen molar-refractivity contribution in [3.63, 3.8) is 0 Å². The Bertz CT molecular complexity index is 565. The van der Waals surface area contributed by atoms with Crippen LogP contribution in [0.3, 0.4) is 0 Å². The molecule has 5 heteroatoms. The van der Waals surface area contributed by atoms with Crippen LogP contribution in [0.5, 0.6) is 0 Å². The molecule has 2 bridgehead atoms. The molecule has 4 heterocycles. The van der Waals surface area contributed by atoms with E-state index >= 15 is 0 Å². The zero-order chi connectivity index (χ0) is 16.5. The van der Waals surface area contributed by atoms with Crippen LogP contribution in [0.1, 0.15) is 38.5 Å². The first-order valence-electron chi connectivity index (χ1n) is 9.35. The minimum Gasteiger partial charge on any atom is -0.396 e. The van der Waals surface area contributed by atoms with Crippen LogP contribution in [0.25, 0.3) is 0 Å². The van der Waals surface area contributed by atoms with Crippen molar-refractivity contribution < 1.29 is 9.90 Å². The van der Waals surface area contributed by atoms with Crippen LogP contribution in [0, 0.1) is 11.8 Å². The summed E-state index contributed by atoms with van der Waals surface area (Å²) in [6.45, 7) is 2.04. The Labute approximate surface area is 143 Å². The molecule has 5 nitrogen and oxygen atoms in total. The summed E-state index contributed by atoms with van der Waals surface area (Å²) in [4.78, 5) is 22.1. The molecule has 1 aromatic rings. The van der Waals surface area contributed by atoms with Gasteiger partial charge in [-0.2, -0.15) is 0 Å². The van der Waals surface area contributed by atoms with Crippen LogP contribution in [-0.2, 0) is 4.79 Å². The van der Waals surface area contributed by atoms with Crippen LogP contribution >= 0.6 is 0 Å². The molecular weight excluding hydrogens is 302 g/mol. The Morgan fingerprint density at radius 2 is 2.00 bits per heavy atom. The molecule has 130 valence electrons. The van der Waals surface area contributed by atoms with Gasteiger partial charge in [0.25, 0.3) is 0 Å². The second kappa shape index (κ2) is 6.71. The molecular formula is C19H27N3O2. The third-order valence-corrected chi connectivity index (χ3v) is 6.09. The summed E-state index contributed by atoms with van der Waals surface area (Å²) in [6, 6.07) is 6.69. The molecule has 4 rings (SSSR count). The highest BCUT2D eigenvalue weighted by molar-refractivity contribution is 5.81. The predicted octanol–water partition coefficient (Wildman–Crippen LogP) is 2.06. The molecule has 3 aliphatic rings. The van der Waals surface area contributed by atoms with E-state index in [1.807, 2.05) is 24.4 Å². The highest BCUT2D eigenvalue weighted by Gasteiger charge is 2.45. The summed E-state index contributed by atoms with van der Waals surface area (Å²) >= 11 is 0. The summed E-state index contributed by atoms with van der Waals surface area (Å²) in [7, 11) is 0. The van der Waals surface area contributed by atoms with E-state index in [-0.39, 0.29) is 12.5 Å². The molecule has 1 N–H and O–H groups in total. The van der Waals surface area contributed by atoms with Crippen LogP contribution in [0.2, 0.25) is 0 Å². The molecule has 3 fully saturated rings. The Kier molecular flexibility index (Phi) is 4.44. The van der Waals surface area contributed by atoms with Gasteiger partial charge in [-0.05, 0) is 56.6 Å². The van der Waals surface area contributed by atoms with Gasteiger partial charge >= 0.3 is 0 Å². The topological polar surface area (TPSA) is 56.7 Å². The maximum Gasteiger partial charge on any atom is 0.227 e. The quantitative estimate of drug-likeness (QED) is 0.922. The largest absolute Gasteiger partial charge is 0.396 e. The molecule has 0 saturated carbocycles. The number of carbonyl (C=O) groups excluding carboxylic acids is 1. The van der Waals surface area contributed by atoms with E-state index in [2.05, 4.69) is 14.8 Å². The smallest absolute Gasteiger partial charge is 0.227 e. The highest BCUT2D eigenvalue weighted by Crippen LogP contribution is 2.40. The van der Waals surface area contributed by atoms with Crippen molar-refractivity contribution >= 4 is 11.7 Å². The minimum absolute atomic E-state index is 0.0922.